The maximum absolute atomic E-state index is 13.0. The van der Waals surface area contributed by atoms with E-state index >= 15 is 0 Å². The standard InChI is InChI=1S/C14H19F3N2O2/c15-14(16,17)13(6-7-13)18-10-8-11(20)19(12(10)21)9-4-2-1-3-5-9/h9-10,18H,1-8H2. The number of rotatable bonds is 3. The molecule has 2 amide bonds. The van der Waals surface area contributed by atoms with E-state index in [1.165, 1.54) is 4.90 Å². The number of nitrogens with zero attached hydrogens (tertiary/aromatic N) is 1. The van der Waals surface area contributed by atoms with Gasteiger partial charge in [0.2, 0.25) is 11.8 Å². The zero-order valence-electron chi connectivity index (χ0n) is 11.7. The van der Waals surface area contributed by atoms with Gasteiger partial charge in [-0.25, -0.2) is 0 Å². The van der Waals surface area contributed by atoms with Crippen LogP contribution < -0.4 is 5.32 Å². The smallest absolute Gasteiger partial charge is 0.292 e. The first-order valence-electron chi connectivity index (χ1n) is 7.54. The highest BCUT2D eigenvalue weighted by molar-refractivity contribution is 6.06. The van der Waals surface area contributed by atoms with Crippen LogP contribution in [0.2, 0.25) is 0 Å². The summed E-state index contributed by atoms with van der Waals surface area (Å²) in [7, 11) is 0. The molecule has 1 saturated heterocycles. The summed E-state index contributed by atoms with van der Waals surface area (Å²) < 4.78 is 38.9. The molecule has 0 bridgehead atoms. The van der Waals surface area contributed by atoms with Gasteiger partial charge in [0.05, 0.1) is 12.5 Å². The molecular weight excluding hydrogens is 285 g/mol. The molecule has 118 valence electrons. The van der Waals surface area contributed by atoms with E-state index in [1.807, 2.05) is 0 Å². The number of nitrogens with one attached hydrogen (secondary N) is 1. The highest BCUT2D eigenvalue weighted by atomic mass is 19.4. The number of hydrogen-bond acceptors (Lipinski definition) is 3. The molecule has 3 rings (SSSR count). The summed E-state index contributed by atoms with van der Waals surface area (Å²) in [6.45, 7) is 0. The summed E-state index contributed by atoms with van der Waals surface area (Å²) in [4.78, 5) is 25.6. The van der Waals surface area contributed by atoms with Crippen LogP contribution >= 0.6 is 0 Å². The highest BCUT2D eigenvalue weighted by Crippen LogP contribution is 2.49. The zero-order chi connectivity index (χ0) is 15.3. The Kier molecular flexibility index (Phi) is 3.50. The molecule has 0 spiro atoms. The van der Waals surface area contributed by atoms with E-state index in [9.17, 15) is 22.8 Å². The largest absolute Gasteiger partial charge is 0.406 e. The van der Waals surface area contributed by atoms with Crippen LogP contribution in [0.25, 0.3) is 0 Å². The van der Waals surface area contributed by atoms with Gasteiger partial charge in [-0.15, -0.1) is 0 Å². The van der Waals surface area contributed by atoms with Crippen molar-refractivity contribution < 1.29 is 22.8 Å². The fraction of sp³-hybridized carbons (Fsp3) is 0.857. The molecule has 21 heavy (non-hydrogen) atoms. The van der Waals surface area contributed by atoms with Crippen LogP contribution in [0, 0.1) is 0 Å². The molecule has 2 saturated carbocycles. The molecule has 3 fully saturated rings. The lowest BCUT2D eigenvalue weighted by molar-refractivity contribution is -0.168. The number of carbonyl (C=O) groups is 2. The molecule has 2 aliphatic carbocycles. The first-order valence-corrected chi connectivity index (χ1v) is 7.54. The first-order chi connectivity index (χ1) is 9.84. The number of imide groups is 1. The van der Waals surface area contributed by atoms with Crippen LogP contribution in [0.5, 0.6) is 0 Å². The van der Waals surface area contributed by atoms with Crippen LogP contribution in [0.4, 0.5) is 13.2 Å². The summed E-state index contributed by atoms with van der Waals surface area (Å²) in [6.07, 6.45) is 0.0188. The molecule has 0 aromatic rings. The number of hydrogen-bond donors (Lipinski definition) is 1. The highest BCUT2D eigenvalue weighted by Gasteiger charge is 2.65. The van der Waals surface area contributed by atoms with Crippen LogP contribution in [0.1, 0.15) is 51.4 Å². The van der Waals surface area contributed by atoms with E-state index in [4.69, 9.17) is 0 Å². The van der Waals surface area contributed by atoms with Crippen molar-refractivity contribution in [1.82, 2.24) is 10.2 Å². The fourth-order valence-electron chi connectivity index (χ4n) is 3.45. The lowest BCUT2D eigenvalue weighted by atomic mass is 9.94. The molecule has 1 unspecified atom stereocenters. The Balaban J connectivity index is 1.69. The second-order valence-electron chi connectivity index (χ2n) is 6.37. The summed E-state index contributed by atoms with van der Waals surface area (Å²) in [5.74, 6) is -0.801. The van der Waals surface area contributed by atoms with Gasteiger partial charge in [-0.1, -0.05) is 19.3 Å². The van der Waals surface area contributed by atoms with E-state index in [1.54, 1.807) is 0 Å². The molecule has 3 aliphatic rings. The van der Waals surface area contributed by atoms with Crippen molar-refractivity contribution in [2.75, 3.05) is 0 Å². The molecule has 1 heterocycles. The lowest BCUT2D eigenvalue weighted by Crippen LogP contribution is -2.53. The second-order valence-corrected chi connectivity index (χ2v) is 6.37. The maximum atomic E-state index is 13.0. The maximum Gasteiger partial charge on any atom is 0.406 e. The Bertz CT molecular complexity index is 454. The van der Waals surface area contributed by atoms with E-state index < -0.39 is 23.7 Å². The monoisotopic (exact) mass is 304 g/mol. The minimum absolute atomic E-state index is 0.0160. The van der Waals surface area contributed by atoms with Crippen LogP contribution in [-0.4, -0.2) is 40.5 Å². The third-order valence-corrected chi connectivity index (χ3v) is 4.87. The summed E-state index contributed by atoms with van der Waals surface area (Å²) >= 11 is 0. The van der Waals surface area contributed by atoms with Crippen molar-refractivity contribution >= 4 is 11.8 Å². The Morgan fingerprint density at radius 3 is 2.24 bits per heavy atom. The Labute approximate surface area is 121 Å². The number of amides is 2. The van der Waals surface area contributed by atoms with Gasteiger partial charge in [-0.2, -0.15) is 13.2 Å². The number of halogens is 3. The molecule has 7 heteroatoms. The van der Waals surface area contributed by atoms with E-state index in [0.29, 0.717) is 0 Å². The Hall–Kier alpha value is -1.11. The minimum atomic E-state index is -4.37. The SMILES string of the molecule is O=C1CC(NC2(C(F)(F)F)CC2)C(=O)N1C1CCCCC1. The van der Waals surface area contributed by atoms with Crippen LogP contribution in [0.15, 0.2) is 0 Å². The topological polar surface area (TPSA) is 49.4 Å². The Morgan fingerprint density at radius 1 is 1.10 bits per heavy atom. The molecule has 0 aromatic heterocycles. The Morgan fingerprint density at radius 2 is 1.71 bits per heavy atom. The van der Waals surface area contributed by atoms with Gasteiger partial charge in [0, 0.05) is 6.04 Å². The number of alkyl halides is 3. The molecular formula is C14H19F3N2O2. The van der Waals surface area contributed by atoms with Crippen LogP contribution in [-0.2, 0) is 9.59 Å². The van der Waals surface area contributed by atoms with Gasteiger partial charge in [0.15, 0.2) is 0 Å². The summed E-state index contributed by atoms with van der Waals surface area (Å²) in [5, 5.41) is 2.42. The third-order valence-electron chi connectivity index (χ3n) is 4.87. The first kappa shape index (κ1) is 14.8. The fourth-order valence-corrected chi connectivity index (χ4v) is 3.45. The lowest BCUT2D eigenvalue weighted by Gasteiger charge is -2.30. The number of carbonyl (C=O) groups excluding carboxylic acids is 2. The van der Waals surface area contributed by atoms with E-state index in [2.05, 4.69) is 5.32 Å². The summed E-state index contributed by atoms with van der Waals surface area (Å²) in [6, 6.07) is -1.13. The van der Waals surface area contributed by atoms with Crippen molar-refractivity contribution in [3.63, 3.8) is 0 Å². The minimum Gasteiger partial charge on any atom is -0.292 e. The van der Waals surface area contributed by atoms with Gasteiger partial charge < -0.3 is 0 Å². The normalized spacial score (nSPS) is 30.0. The van der Waals surface area contributed by atoms with Crippen molar-refractivity contribution in [3.8, 4) is 0 Å². The molecule has 1 N–H and O–H groups in total. The van der Waals surface area contributed by atoms with Crippen molar-refractivity contribution in [3.05, 3.63) is 0 Å². The van der Waals surface area contributed by atoms with E-state index in [-0.39, 0.29) is 31.2 Å². The quantitative estimate of drug-likeness (QED) is 0.813. The third kappa shape index (κ3) is 2.56. The molecule has 0 aromatic carbocycles. The average Bonchev–Trinajstić information content (AvgIpc) is 3.14. The van der Waals surface area contributed by atoms with E-state index in [0.717, 1.165) is 32.1 Å². The van der Waals surface area contributed by atoms with Gasteiger partial charge in [-0.3, -0.25) is 19.8 Å². The molecule has 1 atom stereocenters. The van der Waals surface area contributed by atoms with Crippen molar-refractivity contribution in [2.45, 2.75) is 75.2 Å². The second kappa shape index (κ2) is 4.97. The predicted octanol–water partition coefficient (Wildman–Crippen LogP) is 2.13. The van der Waals surface area contributed by atoms with Crippen molar-refractivity contribution in [2.24, 2.45) is 0 Å². The van der Waals surface area contributed by atoms with Gasteiger partial charge >= 0.3 is 6.18 Å². The van der Waals surface area contributed by atoms with Crippen molar-refractivity contribution in [1.29, 1.82) is 0 Å². The predicted molar refractivity (Wildman–Crippen MR) is 68.3 cm³/mol. The molecule has 4 nitrogen and oxygen atoms in total. The number of likely N-dealkylation sites (tertiary alicyclic amines) is 1. The van der Waals surface area contributed by atoms with Crippen LogP contribution in [0.3, 0.4) is 0 Å². The molecule has 0 radical (unpaired) electrons. The van der Waals surface area contributed by atoms with Gasteiger partial charge in [-0.05, 0) is 25.7 Å². The average molecular weight is 304 g/mol. The molecule has 1 aliphatic heterocycles. The van der Waals surface area contributed by atoms with Gasteiger partial charge in [0.1, 0.15) is 5.54 Å². The summed E-state index contributed by atoms with van der Waals surface area (Å²) in [5.41, 5.74) is -1.95. The zero-order valence-corrected chi connectivity index (χ0v) is 11.7. The van der Waals surface area contributed by atoms with Gasteiger partial charge in [0.25, 0.3) is 0 Å².